The van der Waals surface area contributed by atoms with Crippen molar-refractivity contribution >= 4 is 5.97 Å². The molecule has 1 aromatic rings. The van der Waals surface area contributed by atoms with Crippen LogP contribution in [0.25, 0.3) is 0 Å². The molecule has 0 fully saturated rings. The number of aliphatic carboxylic acids is 1. The molecule has 2 atom stereocenters. The summed E-state index contributed by atoms with van der Waals surface area (Å²) in [4.78, 5) is 11.8. The molecule has 0 radical (unpaired) electrons. The molecule has 0 aliphatic rings. The molecule has 1 rings (SSSR count). The van der Waals surface area contributed by atoms with Crippen LogP contribution >= 0.6 is 0 Å². The summed E-state index contributed by atoms with van der Waals surface area (Å²) in [6.07, 6.45) is 17.5. The molecule has 0 aliphatic carbocycles. The van der Waals surface area contributed by atoms with Crippen molar-refractivity contribution in [1.29, 1.82) is 0 Å². The van der Waals surface area contributed by atoms with Gasteiger partial charge in [-0.3, -0.25) is 0 Å². The first-order valence-corrected chi connectivity index (χ1v) is 13.6. The van der Waals surface area contributed by atoms with Crippen LogP contribution < -0.4 is 0 Å². The summed E-state index contributed by atoms with van der Waals surface area (Å²) in [5.74, 6) is -1.09. The predicted octanol–water partition coefficient (Wildman–Crippen LogP) is 8.06. The van der Waals surface area contributed by atoms with Gasteiger partial charge in [-0.05, 0) is 37.7 Å². The van der Waals surface area contributed by atoms with Crippen LogP contribution in [0.5, 0.6) is 0 Å². The highest BCUT2D eigenvalue weighted by molar-refractivity contribution is 5.76. The number of benzene rings is 1. The molecule has 0 spiro atoms. The second-order valence-corrected chi connectivity index (χ2v) is 9.72. The first-order valence-electron chi connectivity index (χ1n) is 13.6. The van der Waals surface area contributed by atoms with Crippen molar-refractivity contribution in [2.75, 3.05) is 0 Å². The second-order valence-electron chi connectivity index (χ2n) is 9.72. The molecule has 190 valence electrons. The Kier molecular flexibility index (Phi) is 17.0. The van der Waals surface area contributed by atoms with E-state index in [-0.39, 0.29) is 12.5 Å². The van der Waals surface area contributed by atoms with E-state index in [9.17, 15) is 15.0 Å². The average Bonchev–Trinajstić information content (AvgIpc) is 2.82. The predicted molar refractivity (Wildman–Crippen MR) is 137 cm³/mol. The van der Waals surface area contributed by atoms with Gasteiger partial charge in [0.15, 0.2) is 5.60 Å². The number of carbonyl (C=O) groups is 1. The van der Waals surface area contributed by atoms with Crippen LogP contribution in [0, 0.1) is 0 Å². The zero-order valence-electron chi connectivity index (χ0n) is 21.4. The fraction of sp³-hybridized carbons (Fsp3) is 0.759. The summed E-state index contributed by atoms with van der Waals surface area (Å²) in [5, 5.41) is 20.5. The van der Waals surface area contributed by atoms with E-state index in [0.29, 0.717) is 19.4 Å². The summed E-state index contributed by atoms with van der Waals surface area (Å²) < 4.78 is 6.21. The fourth-order valence-electron chi connectivity index (χ4n) is 4.36. The lowest BCUT2D eigenvalue weighted by Gasteiger charge is -2.26. The van der Waals surface area contributed by atoms with Gasteiger partial charge >= 0.3 is 5.97 Å². The van der Waals surface area contributed by atoms with Gasteiger partial charge in [-0.1, -0.05) is 121 Å². The van der Waals surface area contributed by atoms with Crippen LogP contribution in [0.4, 0.5) is 0 Å². The third-order valence-corrected chi connectivity index (χ3v) is 6.68. The molecule has 0 saturated carbocycles. The summed E-state index contributed by atoms with van der Waals surface area (Å²) in [5.41, 5.74) is -0.511. The lowest BCUT2D eigenvalue weighted by atomic mass is 9.89. The second kappa shape index (κ2) is 19.0. The van der Waals surface area contributed by atoms with Crippen molar-refractivity contribution in [1.82, 2.24) is 0 Å². The fourth-order valence-corrected chi connectivity index (χ4v) is 4.36. The number of rotatable bonds is 22. The molecular weight excluding hydrogens is 412 g/mol. The molecule has 0 heterocycles. The third-order valence-electron chi connectivity index (χ3n) is 6.68. The monoisotopic (exact) mass is 462 g/mol. The van der Waals surface area contributed by atoms with Gasteiger partial charge < -0.3 is 14.9 Å². The van der Waals surface area contributed by atoms with Crippen LogP contribution in [0.1, 0.15) is 129 Å². The van der Waals surface area contributed by atoms with Gasteiger partial charge in [0.25, 0.3) is 0 Å². The zero-order valence-corrected chi connectivity index (χ0v) is 21.4. The third kappa shape index (κ3) is 14.5. The van der Waals surface area contributed by atoms with E-state index in [0.717, 1.165) is 44.1 Å². The summed E-state index contributed by atoms with van der Waals surface area (Å²) in [6, 6.07) is 10.1. The number of hydrogen-bond acceptors (Lipinski definition) is 3. The SMILES string of the molecule is CCCCCCCCCCCC(CCC(O)(CCCCCC)C(=O)O)OCc1ccccc1. The lowest BCUT2D eigenvalue weighted by molar-refractivity contribution is -0.161. The van der Waals surface area contributed by atoms with E-state index in [1.54, 1.807) is 0 Å². The van der Waals surface area contributed by atoms with Gasteiger partial charge in [0.1, 0.15) is 0 Å². The minimum atomic E-state index is -1.64. The number of unbranched alkanes of at least 4 members (excludes halogenated alkanes) is 11. The van der Waals surface area contributed by atoms with E-state index < -0.39 is 11.6 Å². The van der Waals surface area contributed by atoms with Crippen LogP contribution in [-0.2, 0) is 16.1 Å². The molecule has 0 saturated heterocycles. The highest BCUT2D eigenvalue weighted by atomic mass is 16.5. The number of aliphatic hydroxyl groups is 1. The summed E-state index contributed by atoms with van der Waals surface area (Å²) in [6.45, 7) is 4.91. The Balaban J connectivity index is 2.48. The van der Waals surface area contributed by atoms with Crippen LogP contribution in [0.3, 0.4) is 0 Å². The quantitative estimate of drug-likeness (QED) is 0.171. The minimum absolute atomic E-state index is 0.0173. The largest absolute Gasteiger partial charge is 0.479 e. The number of carboxylic acids is 1. The minimum Gasteiger partial charge on any atom is -0.479 e. The maximum absolute atomic E-state index is 11.8. The summed E-state index contributed by atoms with van der Waals surface area (Å²) >= 11 is 0. The van der Waals surface area contributed by atoms with Crippen LogP contribution in [0.2, 0.25) is 0 Å². The van der Waals surface area contributed by atoms with Crippen molar-refractivity contribution in [2.45, 2.75) is 141 Å². The molecular formula is C29H50O4. The standard InChI is InChI=1S/C29H50O4/c1-3-5-7-9-10-11-12-13-17-21-27(33-25-26-19-15-14-16-20-26)22-24-29(32,28(30)31)23-18-8-6-4-2/h14-16,19-20,27,32H,3-13,17-18,21-25H2,1-2H3,(H,30,31). The molecule has 0 aliphatic heterocycles. The Morgan fingerprint density at radius 3 is 1.91 bits per heavy atom. The maximum atomic E-state index is 11.8. The molecule has 4 nitrogen and oxygen atoms in total. The van der Waals surface area contributed by atoms with Crippen molar-refractivity contribution in [3.63, 3.8) is 0 Å². The highest BCUT2D eigenvalue weighted by Crippen LogP contribution is 2.25. The topological polar surface area (TPSA) is 66.8 Å². The normalized spacial score (nSPS) is 14.2. The number of hydrogen-bond donors (Lipinski definition) is 2. The van der Waals surface area contributed by atoms with Crippen molar-refractivity contribution < 1.29 is 19.7 Å². The highest BCUT2D eigenvalue weighted by Gasteiger charge is 2.35. The molecule has 1 aromatic carbocycles. The van der Waals surface area contributed by atoms with E-state index >= 15 is 0 Å². The van der Waals surface area contributed by atoms with Gasteiger partial charge in [0.2, 0.25) is 0 Å². The van der Waals surface area contributed by atoms with E-state index in [4.69, 9.17) is 4.74 Å². The van der Waals surface area contributed by atoms with Gasteiger partial charge in [0, 0.05) is 0 Å². The van der Waals surface area contributed by atoms with Crippen molar-refractivity contribution in [2.24, 2.45) is 0 Å². The number of ether oxygens (including phenoxy) is 1. The van der Waals surface area contributed by atoms with Gasteiger partial charge in [0.05, 0.1) is 12.7 Å². The Bertz CT molecular complexity index is 589. The number of carboxylic acid groups (broad SMARTS) is 1. The maximum Gasteiger partial charge on any atom is 0.335 e. The van der Waals surface area contributed by atoms with Crippen molar-refractivity contribution in [3.8, 4) is 0 Å². The molecule has 0 aromatic heterocycles. The molecule has 2 unspecified atom stereocenters. The van der Waals surface area contributed by atoms with E-state index in [1.807, 2.05) is 18.2 Å². The van der Waals surface area contributed by atoms with E-state index in [1.165, 1.54) is 51.4 Å². The molecule has 0 amide bonds. The van der Waals surface area contributed by atoms with Gasteiger partial charge in [-0.25, -0.2) is 4.79 Å². The summed E-state index contributed by atoms with van der Waals surface area (Å²) in [7, 11) is 0. The molecule has 33 heavy (non-hydrogen) atoms. The van der Waals surface area contributed by atoms with Gasteiger partial charge in [-0.15, -0.1) is 0 Å². The Labute approximate surface area is 203 Å². The smallest absolute Gasteiger partial charge is 0.335 e. The van der Waals surface area contributed by atoms with E-state index in [2.05, 4.69) is 26.0 Å². The molecule has 2 N–H and O–H groups in total. The first-order chi connectivity index (χ1) is 16.0. The first kappa shape index (κ1) is 29.6. The van der Waals surface area contributed by atoms with Crippen LogP contribution in [-0.4, -0.2) is 27.9 Å². The van der Waals surface area contributed by atoms with Gasteiger partial charge in [-0.2, -0.15) is 0 Å². The molecule has 4 heteroatoms. The van der Waals surface area contributed by atoms with Crippen LogP contribution in [0.15, 0.2) is 30.3 Å². The molecule has 0 bridgehead atoms. The lowest BCUT2D eigenvalue weighted by Crippen LogP contribution is -2.39. The Hall–Kier alpha value is -1.39. The average molecular weight is 463 g/mol. The van der Waals surface area contributed by atoms with Crippen molar-refractivity contribution in [3.05, 3.63) is 35.9 Å². The Morgan fingerprint density at radius 1 is 0.788 bits per heavy atom. The Morgan fingerprint density at radius 2 is 1.33 bits per heavy atom. The zero-order chi connectivity index (χ0) is 24.2.